The maximum absolute atomic E-state index is 12.4. The van der Waals surface area contributed by atoms with Crippen molar-refractivity contribution in [1.29, 1.82) is 0 Å². The van der Waals surface area contributed by atoms with Crippen molar-refractivity contribution < 1.29 is 9.53 Å². The third-order valence-corrected chi connectivity index (χ3v) is 6.06. The van der Waals surface area contributed by atoms with E-state index < -0.39 is 0 Å². The average molecular weight is 528 g/mol. The molecule has 3 aromatic rings. The van der Waals surface area contributed by atoms with Crippen LogP contribution < -0.4 is 10.1 Å². The van der Waals surface area contributed by atoms with E-state index in [1.807, 2.05) is 18.2 Å². The minimum atomic E-state index is -0.215. The van der Waals surface area contributed by atoms with Gasteiger partial charge in [0.1, 0.15) is 11.6 Å². The van der Waals surface area contributed by atoms with Crippen molar-refractivity contribution in [2.75, 3.05) is 25.0 Å². The van der Waals surface area contributed by atoms with Crippen molar-refractivity contribution in [3.8, 4) is 5.75 Å². The summed E-state index contributed by atoms with van der Waals surface area (Å²) in [5.74, 6) is 1.48. The lowest BCUT2D eigenvalue weighted by Gasteiger charge is -2.21. The number of hydrogen-bond acceptors (Lipinski definition) is 4. The average Bonchev–Trinajstić information content (AvgIpc) is 2.92. The van der Waals surface area contributed by atoms with Gasteiger partial charge in [-0.15, -0.1) is 24.8 Å². The van der Waals surface area contributed by atoms with E-state index in [2.05, 4.69) is 28.6 Å². The first-order chi connectivity index (χ1) is 15.5. The quantitative estimate of drug-likeness (QED) is 0.381. The van der Waals surface area contributed by atoms with Crippen molar-refractivity contribution in [3.63, 3.8) is 0 Å². The highest BCUT2D eigenvalue weighted by Crippen LogP contribution is 2.26. The summed E-state index contributed by atoms with van der Waals surface area (Å²) in [7, 11) is 0. The number of carbonyl (C=O) groups excluding carboxylic acids is 1. The molecule has 1 aliphatic heterocycles. The molecule has 0 aliphatic carbocycles. The molecule has 0 unspecified atom stereocenters. The highest BCUT2D eigenvalue weighted by molar-refractivity contribution is 6.30. The highest BCUT2D eigenvalue weighted by atomic mass is 35.5. The Kier molecular flexibility index (Phi) is 11.0. The number of halogens is 3. The van der Waals surface area contributed by atoms with Crippen LogP contribution in [0.2, 0.25) is 5.02 Å². The Balaban J connectivity index is 0.00000204. The molecule has 0 saturated carbocycles. The largest absolute Gasteiger partial charge is 0.484 e. The summed E-state index contributed by atoms with van der Waals surface area (Å²) in [5, 5.41) is 3.54. The third kappa shape index (κ3) is 7.25. The van der Waals surface area contributed by atoms with Crippen LogP contribution in [-0.4, -0.2) is 40.1 Å². The van der Waals surface area contributed by atoms with Crippen LogP contribution in [0.1, 0.15) is 51.4 Å². The van der Waals surface area contributed by atoms with Crippen LogP contribution in [0.25, 0.3) is 11.0 Å². The number of benzene rings is 2. The predicted octanol–water partition coefficient (Wildman–Crippen LogP) is 6.51. The Morgan fingerprint density at radius 3 is 2.38 bits per heavy atom. The second-order valence-electron chi connectivity index (χ2n) is 8.68. The molecule has 0 atom stereocenters. The van der Waals surface area contributed by atoms with Gasteiger partial charge in [0.15, 0.2) is 6.61 Å². The molecule has 34 heavy (non-hydrogen) atoms. The smallest absolute Gasteiger partial charge is 0.262 e. The van der Waals surface area contributed by atoms with E-state index in [4.69, 9.17) is 21.3 Å². The molecular weight excluding hydrogens is 495 g/mol. The summed E-state index contributed by atoms with van der Waals surface area (Å²) in [4.78, 5) is 19.8. The number of ether oxygens (including phenoxy) is 1. The van der Waals surface area contributed by atoms with Crippen molar-refractivity contribution in [3.05, 3.63) is 53.3 Å². The van der Waals surface area contributed by atoms with Crippen LogP contribution >= 0.6 is 36.4 Å². The lowest BCUT2D eigenvalue weighted by Crippen LogP contribution is -2.26. The van der Waals surface area contributed by atoms with Gasteiger partial charge in [0.2, 0.25) is 0 Å². The molecule has 0 bridgehead atoms. The number of likely N-dealkylation sites (tertiary alicyclic amines) is 1. The fourth-order valence-electron chi connectivity index (χ4n) is 4.29. The predicted molar refractivity (Wildman–Crippen MR) is 144 cm³/mol. The molecule has 1 fully saturated rings. The number of carbonyl (C=O) groups is 1. The fourth-order valence-corrected chi connectivity index (χ4v) is 4.41. The molecule has 1 N–H and O–H groups in total. The Hall–Kier alpha value is -1.99. The van der Waals surface area contributed by atoms with Gasteiger partial charge in [0, 0.05) is 16.8 Å². The van der Waals surface area contributed by atoms with E-state index in [1.165, 1.54) is 25.7 Å². The van der Waals surface area contributed by atoms with Crippen LogP contribution in [0.3, 0.4) is 0 Å². The Bertz CT molecular complexity index is 1060. The van der Waals surface area contributed by atoms with E-state index >= 15 is 0 Å². The molecule has 0 spiro atoms. The molecule has 0 radical (unpaired) electrons. The van der Waals surface area contributed by atoms with E-state index in [0.717, 1.165) is 42.2 Å². The number of hydrogen-bond donors (Lipinski definition) is 1. The van der Waals surface area contributed by atoms with Gasteiger partial charge in [-0.25, -0.2) is 4.98 Å². The van der Waals surface area contributed by atoms with Gasteiger partial charge in [-0.2, -0.15) is 0 Å². The molecule has 9 heteroatoms. The minimum Gasteiger partial charge on any atom is -0.484 e. The molecule has 1 saturated heterocycles. The zero-order chi connectivity index (χ0) is 22.5. The lowest BCUT2D eigenvalue weighted by atomic mass is 10.2. The van der Waals surface area contributed by atoms with Gasteiger partial charge in [0.25, 0.3) is 5.91 Å². The number of aromatic nitrogens is 2. The van der Waals surface area contributed by atoms with Crippen molar-refractivity contribution in [2.45, 2.75) is 52.1 Å². The lowest BCUT2D eigenvalue weighted by molar-refractivity contribution is -0.118. The second-order valence-corrected chi connectivity index (χ2v) is 9.11. The molecule has 6 nitrogen and oxygen atoms in total. The summed E-state index contributed by atoms with van der Waals surface area (Å²) in [6.45, 7) is 7.45. The number of nitrogens with zero attached hydrogens (tertiary/aromatic N) is 3. The Morgan fingerprint density at radius 2 is 1.74 bits per heavy atom. The normalized spacial score (nSPS) is 14.2. The summed E-state index contributed by atoms with van der Waals surface area (Å²) < 4.78 is 7.85. The van der Waals surface area contributed by atoms with Crippen LogP contribution in [0, 0.1) is 0 Å². The van der Waals surface area contributed by atoms with Crippen LogP contribution in [-0.2, 0) is 11.3 Å². The van der Waals surface area contributed by atoms with Crippen molar-refractivity contribution in [2.24, 2.45) is 0 Å². The zero-order valence-corrected chi connectivity index (χ0v) is 22.0. The Labute approximate surface area is 218 Å². The van der Waals surface area contributed by atoms with Gasteiger partial charge in [0.05, 0.1) is 17.6 Å². The molecule has 2 aromatic carbocycles. The topological polar surface area (TPSA) is 59.4 Å². The first kappa shape index (κ1) is 28.2. The summed E-state index contributed by atoms with van der Waals surface area (Å²) in [6, 6.07) is 13.2. The summed E-state index contributed by atoms with van der Waals surface area (Å²) in [5.41, 5.74) is 2.72. The first-order valence-electron chi connectivity index (χ1n) is 11.4. The molecular formula is C25H33Cl3N4O2. The van der Waals surface area contributed by atoms with Gasteiger partial charge >= 0.3 is 0 Å². The van der Waals surface area contributed by atoms with E-state index in [0.29, 0.717) is 16.8 Å². The number of rotatable bonds is 7. The SMILES string of the molecule is CC(C)n1c(CN2CCCCCC2)nc2cc(NC(=O)COc3ccc(Cl)cc3)ccc21.Cl.Cl. The number of amides is 1. The summed E-state index contributed by atoms with van der Waals surface area (Å²) >= 11 is 5.88. The maximum atomic E-state index is 12.4. The Morgan fingerprint density at radius 1 is 1.06 bits per heavy atom. The fraction of sp³-hybridized carbons (Fsp3) is 0.440. The van der Waals surface area contributed by atoms with Crippen LogP contribution in [0.5, 0.6) is 5.75 Å². The maximum Gasteiger partial charge on any atom is 0.262 e. The number of imidazole rings is 1. The number of nitrogens with one attached hydrogen (secondary N) is 1. The molecule has 2 heterocycles. The van der Waals surface area contributed by atoms with E-state index in [1.54, 1.807) is 24.3 Å². The molecule has 1 amide bonds. The van der Waals surface area contributed by atoms with Gasteiger partial charge < -0.3 is 14.6 Å². The standard InChI is InChI=1S/C25H31ClN4O2.2ClH/c1-18(2)30-23-12-9-20(27-25(31)17-32-21-10-7-19(26)8-11-21)15-22(23)28-24(30)16-29-13-5-3-4-6-14-29;;/h7-12,15,18H,3-6,13-14,16-17H2,1-2H3,(H,27,31);2*1H. The molecule has 1 aromatic heterocycles. The first-order valence-corrected chi connectivity index (χ1v) is 11.8. The number of anilines is 1. The molecule has 1 aliphatic rings. The molecule has 186 valence electrons. The van der Waals surface area contributed by atoms with Crippen molar-refractivity contribution in [1.82, 2.24) is 14.5 Å². The van der Waals surface area contributed by atoms with Crippen LogP contribution in [0.4, 0.5) is 5.69 Å². The van der Waals surface area contributed by atoms with Crippen LogP contribution in [0.15, 0.2) is 42.5 Å². The van der Waals surface area contributed by atoms with E-state index in [-0.39, 0.29) is 37.3 Å². The highest BCUT2D eigenvalue weighted by Gasteiger charge is 2.18. The minimum absolute atomic E-state index is 0. The second kappa shape index (κ2) is 13.2. The third-order valence-electron chi connectivity index (χ3n) is 5.81. The van der Waals surface area contributed by atoms with Crippen molar-refractivity contribution >= 4 is 59.0 Å². The monoisotopic (exact) mass is 526 g/mol. The van der Waals surface area contributed by atoms with Gasteiger partial charge in [-0.1, -0.05) is 24.4 Å². The van der Waals surface area contributed by atoms with E-state index in [9.17, 15) is 4.79 Å². The molecule has 4 rings (SSSR count). The van der Waals surface area contributed by atoms with Gasteiger partial charge in [-0.05, 0) is 82.2 Å². The number of fused-ring (bicyclic) bond motifs is 1. The van der Waals surface area contributed by atoms with Gasteiger partial charge in [-0.3, -0.25) is 9.69 Å². The zero-order valence-electron chi connectivity index (χ0n) is 19.6. The summed E-state index contributed by atoms with van der Waals surface area (Å²) in [6.07, 6.45) is 5.16.